The Balaban J connectivity index is 1.18. The number of carbonyl (C=O) groups excluding carboxylic acids is 4. The van der Waals surface area contributed by atoms with E-state index in [1.165, 1.54) is 9.80 Å². The molecule has 98 heavy (non-hydrogen) atoms. The smallest absolute Gasteiger partial charge is 0.266 e. The van der Waals surface area contributed by atoms with Crippen molar-refractivity contribution in [2.24, 2.45) is 0 Å². The van der Waals surface area contributed by atoms with E-state index in [2.05, 4.69) is 55.4 Å². The Kier molecular flexibility index (Phi) is 16.9. The molecule has 0 N–H and O–H groups in total. The molecular weight excluding hydrogens is 1230 g/mol. The molecule has 0 saturated heterocycles. The number of anilines is 2. The van der Waals surface area contributed by atoms with E-state index in [0.29, 0.717) is 127 Å². The molecule has 0 atom stereocenters. The molecule has 6 heterocycles. The maximum Gasteiger partial charge on any atom is 0.266 e. The summed E-state index contributed by atoms with van der Waals surface area (Å²) in [4.78, 5) is 69.3. The van der Waals surface area contributed by atoms with Crippen molar-refractivity contribution < 1.29 is 57.1 Å². The standard InChI is InChI=1S/C84H78N2O12/c1-47(2)51-27-25-28-52(48(3)4)79(51)85-81(87)55-43-67-73-76-70-46-58-72-57(83(89)86(84(58)90)80-53(49(5)6)29-26-30-54(80)50(7)8)45-69(97-65-37-19-15-33-61(65)93-41-23-11-9-21-39-91-59-31-13-17-35-63(59)95-67)75(78(72)76)74-68(44-56(82(85)88)71(55)77(73)74)96-64-36-18-14-32-60(64)92-40-22-10-12-24-42-94-62-34-16-20-38-66(62)98-70/h13-20,25-38,43-50H,9-12,21-24,39-42H2,1-8H3. The summed E-state index contributed by atoms with van der Waals surface area (Å²) in [5.74, 6) is 1.09. The van der Waals surface area contributed by atoms with Gasteiger partial charge in [0.2, 0.25) is 0 Å². The molecule has 0 aromatic heterocycles. The molecule has 4 amide bonds. The normalized spacial score (nSPS) is 15.5. The van der Waals surface area contributed by atoms with Crippen LogP contribution in [-0.2, 0) is 0 Å². The van der Waals surface area contributed by atoms with Gasteiger partial charge in [-0.05, 0) is 170 Å². The second-order valence-corrected chi connectivity index (χ2v) is 27.2. The van der Waals surface area contributed by atoms with Crippen molar-refractivity contribution in [1.29, 1.82) is 0 Å². The van der Waals surface area contributed by atoms with Crippen LogP contribution in [-0.4, -0.2) is 50.1 Å². The van der Waals surface area contributed by atoms with E-state index in [1.807, 2.05) is 133 Å². The van der Waals surface area contributed by atoms with Gasteiger partial charge in [-0.15, -0.1) is 0 Å². The first-order chi connectivity index (χ1) is 47.7. The number of hydrogen-bond acceptors (Lipinski definition) is 12. The van der Waals surface area contributed by atoms with Crippen LogP contribution in [0.25, 0.3) is 43.1 Å². The van der Waals surface area contributed by atoms with Crippen LogP contribution in [0, 0.1) is 0 Å². The summed E-state index contributed by atoms with van der Waals surface area (Å²) in [5, 5.41) is 2.80. The fourth-order valence-electron chi connectivity index (χ4n) is 14.7. The molecule has 11 aromatic carbocycles. The van der Waals surface area contributed by atoms with Crippen LogP contribution in [0.15, 0.2) is 158 Å². The molecule has 14 nitrogen and oxygen atoms in total. The van der Waals surface area contributed by atoms with Gasteiger partial charge in [0.05, 0.1) is 60.1 Å². The number of amides is 4. The van der Waals surface area contributed by atoms with Gasteiger partial charge in [-0.3, -0.25) is 19.2 Å². The zero-order valence-electron chi connectivity index (χ0n) is 56.6. The van der Waals surface area contributed by atoms with Crippen molar-refractivity contribution in [1.82, 2.24) is 0 Å². The molecule has 6 aliphatic rings. The summed E-state index contributed by atoms with van der Waals surface area (Å²) in [6, 6.07) is 48.6. The zero-order chi connectivity index (χ0) is 67.6. The Morgan fingerprint density at radius 1 is 0.255 bits per heavy atom. The monoisotopic (exact) mass is 1310 g/mol. The first kappa shape index (κ1) is 63.5. The number of ether oxygens (including phenoxy) is 8. The Hall–Kier alpha value is -10.6. The Bertz CT molecular complexity index is 4420. The molecule has 6 aliphatic heterocycles. The second-order valence-electron chi connectivity index (χ2n) is 27.2. The van der Waals surface area contributed by atoms with E-state index in [-0.39, 0.29) is 68.9 Å². The number of benzene rings is 11. The second kappa shape index (κ2) is 26.1. The summed E-state index contributed by atoms with van der Waals surface area (Å²) in [6.07, 6.45) is 6.41. The lowest BCUT2D eigenvalue weighted by atomic mass is 9.80. The van der Waals surface area contributed by atoms with E-state index in [0.717, 1.165) is 73.6 Å². The van der Waals surface area contributed by atoms with Gasteiger partial charge < -0.3 is 37.9 Å². The molecule has 0 spiro atoms. The predicted octanol–water partition coefficient (Wildman–Crippen LogP) is 21.7. The highest BCUT2D eigenvalue weighted by Gasteiger charge is 2.44. The number of fused-ring (bicyclic) bond motifs is 14. The van der Waals surface area contributed by atoms with E-state index in [9.17, 15) is 0 Å². The fraction of sp³-hybridized carbons (Fsp3) is 0.286. The molecule has 496 valence electrons. The van der Waals surface area contributed by atoms with Crippen LogP contribution in [0.3, 0.4) is 0 Å². The third-order valence-corrected chi connectivity index (χ3v) is 19.4. The van der Waals surface area contributed by atoms with Gasteiger partial charge in [0, 0.05) is 43.1 Å². The molecule has 0 aliphatic carbocycles. The first-order valence-corrected chi connectivity index (χ1v) is 34.6. The molecule has 0 saturated carbocycles. The Morgan fingerprint density at radius 3 is 0.704 bits per heavy atom. The van der Waals surface area contributed by atoms with Crippen LogP contribution in [0.5, 0.6) is 69.0 Å². The van der Waals surface area contributed by atoms with E-state index in [4.69, 9.17) is 37.9 Å². The number of nitrogens with zero attached hydrogens (tertiary/aromatic N) is 2. The molecule has 0 radical (unpaired) electrons. The number of rotatable bonds is 6. The van der Waals surface area contributed by atoms with Crippen LogP contribution in [0.2, 0.25) is 0 Å². The number of carbonyl (C=O) groups is 4. The van der Waals surface area contributed by atoms with Crippen LogP contribution < -0.4 is 47.7 Å². The van der Waals surface area contributed by atoms with Gasteiger partial charge in [-0.25, -0.2) is 9.80 Å². The topological polar surface area (TPSA) is 149 Å². The SMILES string of the molecule is CC(C)c1cccc(C(C)C)c1N1C(=O)c2cc3c4c5c6cc7c8c(cc(c(c9c(cc(c2c49)C1=O)Oc1ccccc1OCCCCCCOc1ccccc1O6)c85)Oc1ccccc1OCCCCCCOc1ccccc1O3)C(=O)N(c1c(C(C)C)cccc1C(C)C)C7=O. The van der Waals surface area contributed by atoms with E-state index < -0.39 is 23.6 Å². The quantitative estimate of drug-likeness (QED) is 0.0886. The van der Waals surface area contributed by atoms with Crippen molar-refractivity contribution in [3.05, 3.63) is 202 Å². The molecule has 10 bridgehead atoms. The van der Waals surface area contributed by atoms with Crippen molar-refractivity contribution >= 4 is 78.1 Å². The number of para-hydroxylation sites is 10. The summed E-state index contributed by atoms with van der Waals surface area (Å²) >= 11 is 0. The van der Waals surface area contributed by atoms with Gasteiger partial charge in [-0.1, -0.05) is 140 Å². The minimum atomic E-state index is -0.576. The summed E-state index contributed by atoms with van der Waals surface area (Å²) in [6.45, 7) is 18.0. The average Bonchev–Trinajstić information content (AvgIpc) is 0.670. The van der Waals surface area contributed by atoms with Gasteiger partial charge in [0.25, 0.3) is 23.6 Å². The summed E-state index contributed by atoms with van der Waals surface area (Å²) in [7, 11) is 0. The fourth-order valence-corrected chi connectivity index (χ4v) is 14.7. The highest BCUT2D eigenvalue weighted by molar-refractivity contribution is 6.48. The van der Waals surface area contributed by atoms with Crippen LogP contribution >= 0.6 is 0 Å². The highest BCUT2D eigenvalue weighted by Crippen LogP contribution is 2.60. The van der Waals surface area contributed by atoms with Crippen molar-refractivity contribution in [2.45, 2.75) is 130 Å². The zero-order valence-corrected chi connectivity index (χ0v) is 56.6. The van der Waals surface area contributed by atoms with Gasteiger partial charge in [0.1, 0.15) is 23.0 Å². The van der Waals surface area contributed by atoms with Gasteiger partial charge >= 0.3 is 0 Å². The molecule has 11 aromatic rings. The first-order valence-electron chi connectivity index (χ1n) is 34.6. The van der Waals surface area contributed by atoms with Crippen LogP contribution in [0.4, 0.5) is 11.4 Å². The minimum Gasteiger partial charge on any atom is -0.490 e. The predicted molar refractivity (Wildman–Crippen MR) is 384 cm³/mol. The van der Waals surface area contributed by atoms with Crippen molar-refractivity contribution in [3.63, 3.8) is 0 Å². The number of imide groups is 2. The lowest BCUT2D eigenvalue weighted by molar-refractivity contribution is 0.0877. The largest absolute Gasteiger partial charge is 0.490 e. The highest BCUT2D eigenvalue weighted by atomic mass is 16.5. The average molecular weight is 1310 g/mol. The third kappa shape index (κ3) is 11.0. The minimum absolute atomic E-state index is 0.107. The summed E-state index contributed by atoms with van der Waals surface area (Å²) < 4.78 is 56.9. The molecular formula is C84H78N2O12. The maximum atomic E-state index is 16.7. The maximum absolute atomic E-state index is 16.7. The van der Waals surface area contributed by atoms with Crippen LogP contribution in [0.1, 0.15) is 194 Å². The lowest BCUT2D eigenvalue weighted by Gasteiger charge is -2.35. The van der Waals surface area contributed by atoms with Gasteiger partial charge in [0.15, 0.2) is 46.0 Å². The Labute approximate surface area is 570 Å². The lowest BCUT2D eigenvalue weighted by Crippen LogP contribution is -2.42. The third-order valence-electron chi connectivity index (χ3n) is 19.4. The Morgan fingerprint density at radius 2 is 0.480 bits per heavy atom. The van der Waals surface area contributed by atoms with Crippen molar-refractivity contribution in [2.75, 3.05) is 36.2 Å². The van der Waals surface area contributed by atoms with Gasteiger partial charge in [-0.2, -0.15) is 0 Å². The molecule has 17 rings (SSSR count). The molecule has 0 fully saturated rings. The molecule has 14 heteroatoms. The molecule has 0 unspecified atom stereocenters. The summed E-state index contributed by atoms with van der Waals surface area (Å²) in [5.41, 5.74) is 4.93. The van der Waals surface area contributed by atoms with E-state index in [1.54, 1.807) is 24.3 Å². The van der Waals surface area contributed by atoms with Crippen molar-refractivity contribution in [3.8, 4) is 69.0 Å². The number of hydrogen-bond donors (Lipinski definition) is 0. The van der Waals surface area contributed by atoms with E-state index >= 15 is 19.2 Å².